The van der Waals surface area contributed by atoms with E-state index in [1.807, 2.05) is 30.3 Å². The molecule has 0 radical (unpaired) electrons. The summed E-state index contributed by atoms with van der Waals surface area (Å²) in [6.07, 6.45) is 1.98. The van der Waals surface area contributed by atoms with Crippen molar-refractivity contribution >= 4 is 33.4 Å². The van der Waals surface area contributed by atoms with Crippen LogP contribution in [0.2, 0.25) is 0 Å². The highest BCUT2D eigenvalue weighted by atomic mass is 79.9. The van der Waals surface area contributed by atoms with Gasteiger partial charge in [0, 0.05) is 23.8 Å². The van der Waals surface area contributed by atoms with Crippen molar-refractivity contribution in [3.8, 4) is 17.0 Å². The molecule has 4 nitrogen and oxygen atoms in total. The van der Waals surface area contributed by atoms with E-state index in [2.05, 4.69) is 33.1 Å². The number of hydrogen-bond acceptors (Lipinski definition) is 5. The molecule has 0 saturated carbocycles. The van der Waals surface area contributed by atoms with Crippen LogP contribution in [0.3, 0.4) is 0 Å². The van der Waals surface area contributed by atoms with E-state index in [0.29, 0.717) is 22.7 Å². The van der Waals surface area contributed by atoms with Gasteiger partial charge >= 0.3 is 5.24 Å². The van der Waals surface area contributed by atoms with Gasteiger partial charge in [-0.25, -0.2) is 0 Å². The van der Waals surface area contributed by atoms with Crippen LogP contribution in [0.4, 0.5) is 0 Å². The topological polar surface area (TPSA) is 44.2 Å². The molecule has 6 heteroatoms. The molecule has 0 spiro atoms. The van der Waals surface area contributed by atoms with E-state index in [0.717, 1.165) is 18.4 Å². The van der Waals surface area contributed by atoms with Gasteiger partial charge in [-0.15, -0.1) is 10.2 Å². The zero-order valence-electron chi connectivity index (χ0n) is 11.6. The summed E-state index contributed by atoms with van der Waals surface area (Å²) in [7, 11) is 0. The highest BCUT2D eigenvalue weighted by Gasteiger charge is 2.12. The van der Waals surface area contributed by atoms with Gasteiger partial charge in [-0.3, -0.25) is 0 Å². The lowest BCUT2D eigenvalue weighted by atomic mass is 10.1. The van der Waals surface area contributed by atoms with Crippen LogP contribution in [-0.2, 0) is 4.74 Å². The summed E-state index contributed by atoms with van der Waals surface area (Å²) in [5.74, 6) is 0.518. The van der Waals surface area contributed by atoms with Crippen molar-refractivity contribution in [1.82, 2.24) is 10.2 Å². The van der Waals surface area contributed by atoms with Crippen LogP contribution in [0.25, 0.3) is 11.3 Å². The molecule has 1 aromatic heterocycles. The van der Waals surface area contributed by atoms with E-state index in [1.54, 1.807) is 6.07 Å². The minimum Gasteiger partial charge on any atom is -0.457 e. The van der Waals surface area contributed by atoms with Crippen LogP contribution in [0.1, 0.15) is 19.8 Å². The molecule has 0 atom stereocenters. The summed E-state index contributed by atoms with van der Waals surface area (Å²) < 4.78 is 11.5. The predicted molar refractivity (Wildman–Crippen MR) is 89.3 cm³/mol. The number of nitrogens with zero attached hydrogens (tertiary/aromatic N) is 2. The summed E-state index contributed by atoms with van der Waals surface area (Å²) in [5, 5.41) is 8.26. The smallest absolute Gasteiger partial charge is 0.357 e. The molecule has 2 aromatic rings. The average molecular weight is 367 g/mol. The third kappa shape index (κ3) is 4.75. The van der Waals surface area contributed by atoms with E-state index in [9.17, 15) is 0 Å². The average Bonchev–Trinajstić information content (AvgIpc) is 2.48. The molecule has 0 fully saturated rings. The van der Waals surface area contributed by atoms with Crippen LogP contribution >= 0.6 is 28.1 Å². The van der Waals surface area contributed by atoms with Crippen LogP contribution in [-0.4, -0.2) is 22.0 Å². The number of rotatable bonds is 5. The fourth-order valence-corrected chi connectivity index (χ4v) is 2.11. The number of ether oxygens (including phenoxy) is 2. The second-order valence-electron chi connectivity index (χ2n) is 4.30. The minimum absolute atomic E-state index is 0.0977. The van der Waals surface area contributed by atoms with Crippen molar-refractivity contribution < 1.29 is 9.47 Å². The van der Waals surface area contributed by atoms with Crippen LogP contribution in [0, 0.1) is 0 Å². The molecule has 110 valence electrons. The Hall–Kier alpha value is -1.53. The van der Waals surface area contributed by atoms with Crippen molar-refractivity contribution in [2.75, 3.05) is 6.61 Å². The van der Waals surface area contributed by atoms with Crippen LogP contribution in [0.5, 0.6) is 5.75 Å². The quantitative estimate of drug-likeness (QED) is 0.579. The monoisotopic (exact) mass is 366 g/mol. The molecular weight excluding hydrogens is 352 g/mol. The number of benzene rings is 1. The first-order valence-electron chi connectivity index (χ1n) is 6.64. The molecule has 0 saturated heterocycles. The second-order valence-corrected chi connectivity index (χ2v) is 5.45. The van der Waals surface area contributed by atoms with Crippen molar-refractivity contribution in [2.24, 2.45) is 0 Å². The molecule has 0 N–H and O–H groups in total. The lowest BCUT2D eigenvalue weighted by Gasteiger charge is -2.11. The zero-order valence-corrected chi connectivity index (χ0v) is 14.0. The second kappa shape index (κ2) is 8.05. The highest BCUT2D eigenvalue weighted by Crippen LogP contribution is 2.29. The number of thiocarbonyl (C=S) groups is 1. The Balaban J connectivity index is 2.18. The normalized spacial score (nSPS) is 10.2. The summed E-state index contributed by atoms with van der Waals surface area (Å²) in [6.45, 7) is 2.64. The molecule has 1 heterocycles. The number of unbranched alkanes of at least 4 members (excludes halogenated alkanes) is 1. The van der Waals surface area contributed by atoms with Gasteiger partial charge < -0.3 is 9.47 Å². The summed E-state index contributed by atoms with van der Waals surface area (Å²) >= 11 is 8.38. The van der Waals surface area contributed by atoms with Crippen molar-refractivity contribution in [3.63, 3.8) is 0 Å². The Morgan fingerprint density at radius 3 is 2.71 bits per heavy atom. The fraction of sp³-hybridized carbons (Fsp3) is 0.267. The van der Waals surface area contributed by atoms with Gasteiger partial charge in [-0.2, -0.15) is 0 Å². The lowest BCUT2D eigenvalue weighted by Crippen LogP contribution is -2.12. The van der Waals surface area contributed by atoms with Gasteiger partial charge in [0.25, 0.3) is 0 Å². The Labute approximate surface area is 137 Å². The standard InChI is InChI=1S/C15H15BrN2O2S/c1-2-3-9-19-15(21)20-12-10-13(16)17-18-14(12)11-7-5-4-6-8-11/h4-8,10H,2-3,9H2,1H3. The number of hydrogen-bond donors (Lipinski definition) is 0. The van der Waals surface area contributed by atoms with E-state index in [-0.39, 0.29) is 5.24 Å². The minimum atomic E-state index is 0.0977. The Kier molecular flexibility index (Phi) is 6.07. The Morgan fingerprint density at radius 2 is 2.00 bits per heavy atom. The van der Waals surface area contributed by atoms with Crippen LogP contribution < -0.4 is 4.74 Å². The molecule has 0 amide bonds. The molecule has 2 rings (SSSR count). The number of halogens is 1. The van der Waals surface area contributed by atoms with E-state index >= 15 is 0 Å². The van der Waals surface area contributed by atoms with Gasteiger partial charge in [-0.05, 0) is 22.4 Å². The zero-order chi connectivity index (χ0) is 15.1. The first kappa shape index (κ1) is 15.9. The van der Waals surface area contributed by atoms with Crippen molar-refractivity contribution in [1.29, 1.82) is 0 Å². The van der Waals surface area contributed by atoms with Crippen molar-refractivity contribution in [3.05, 3.63) is 41.0 Å². The molecule has 21 heavy (non-hydrogen) atoms. The molecule has 0 bridgehead atoms. The van der Waals surface area contributed by atoms with Crippen LogP contribution in [0.15, 0.2) is 41.0 Å². The van der Waals surface area contributed by atoms with Crippen molar-refractivity contribution in [2.45, 2.75) is 19.8 Å². The predicted octanol–water partition coefficient (Wildman–Crippen LogP) is 4.39. The molecular formula is C15H15BrN2O2S. The fourth-order valence-electron chi connectivity index (χ4n) is 1.65. The molecule has 0 unspecified atom stereocenters. The third-order valence-electron chi connectivity index (χ3n) is 2.69. The molecule has 1 aromatic carbocycles. The first-order chi connectivity index (χ1) is 10.2. The molecule has 0 aliphatic heterocycles. The molecule has 0 aliphatic rings. The van der Waals surface area contributed by atoms with Gasteiger partial charge in [-0.1, -0.05) is 43.7 Å². The van der Waals surface area contributed by atoms with Gasteiger partial charge in [0.2, 0.25) is 0 Å². The summed E-state index contributed by atoms with van der Waals surface area (Å²) in [5.41, 5.74) is 1.53. The summed E-state index contributed by atoms with van der Waals surface area (Å²) in [4.78, 5) is 0. The maximum atomic E-state index is 5.60. The van der Waals surface area contributed by atoms with Gasteiger partial charge in [0.05, 0.1) is 6.61 Å². The lowest BCUT2D eigenvalue weighted by molar-refractivity contribution is 0.243. The maximum absolute atomic E-state index is 5.60. The Bertz CT molecular complexity index is 608. The van der Waals surface area contributed by atoms with E-state index < -0.39 is 0 Å². The van der Waals surface area contributed by atoms with E-state index in [4.69, 9.17) is 21.7 Å². The van der Waals surface area contributed by atoms with E-state index in [1.165, 1.54) is 0 Å². The third-order valence-corrected chi connectivity index (χ3v) is 3.28. The number of aromatic nitrogens is 2. The van der Waals surface area contributed by atoms with Gasteiger partial charge in [0.15, 0.2) is 5.75 Å². The highest BCUT2D eigenvalue weighted by molar-refractivity contribution is 9.10. The van der Waals surface area contributed by atoms with Gasteiger partial charge in [0.1, 0.15) is 10.3 Å². The SMILES string of the molecule is CCCCOC(=S)Oc1cc(Br)nnc1-c1ccccc1. The first-order valence-corrected chi connectivity index (χ1v) is 7.84. The largest absolute Gasteiger partial charge is 0.457 e. The maximum Gasteiger partial charge on any atom is 0.357 e. The molecule has 0 aliphatic carbocycles. The summed E-state index contributed by atoms with van der Waals surface area (Å²) in [6, 6.07) is 11.4. The Morgan fingerprint density at radius 1 is 1.24 bits per heavy atom.